The molecule has 0 amide bonds. The van der Waals surface area contributed by atoms with Crippen LogP contribution in [-0.4, -0.2) is 24.1 Å². The first-order valence-electron chi connectivity index (χ1n) is 19.1. The Balaban J connectivity index is 0.000000437. The van der Waals surface area contributed by atoms with E-state index in [1.54, 1.807) is 19.3 Å². The summed E-state index contributed by atoms with van der Waals surface area (Å²) in [7, 11) is 2.06. The van der Waals surface area contributed by atoms with Crippen molar-refractivity contribution >= 4 is 22.8 Å². The normalized spacial score (nSPS) is 20.4. The molecule has 4 heteroatoms. The van der Waals surface area contributed by atoms with Gasteiger partial charge in [0.2, 0.25) is 0 Å². The van der Waals surface area contributed by atoms with Crippen LogP contribution in [0.1, 0.15) is 106 Å². The molecule has 268 valence electrons. The second-order valence-electron chi connectivity index (χ2n) is 13.0. The van der Waals surface area contributed by atoms with Gasteiger partial charge in [0.25, 0.3) is 0 Å². The van der Waals surface area contributed by atoms with Crippen molar-refractivity contribution in [3.63, 3.8) is 0 Å². The summed E-state index contributed by atoms with van der Waals surface area (Å²) in [6.07, 6.45) is 23.5. The summed E-state index contributed by atoms with van der Waals surface area (Å²) in [5.41, 5.74) is 7.86. The molecule has 3 aromatic rings. The number of anilines is 2. The van der Waals surface area contributed by atoms with Gasteiger partial charge in [-0.05, 0) is 105 Å². The standard InChI is InChI=1S/C33H36N4.C9H16.2C2H6/c1-6-8-13-28(12-7-2)30-18-22-33(23-19-30)37-27(4)36(26(3)34-24-25-35(37)5)32-20-16-31(17-21-32)29-14-10-9-11-15-29;1-8-4-2-5-9(8)6-3-7-9;2*1-2/h6-25,27H,1-5H3;8H,2-7H2,1H3;2*1-2H3/b8-6-,12-7-,25-24-,28-13+,34-26?;;;. The number of hydrazine groups is 1. The van der Waals surface area contributed by atoms with Gasteiger partial charge in [-0.2, -0.15) is 0 Å². The highest BCUT2D eigenvalue weighted by Crippen LogP contribution is 2.56. The molecule has 0 N–H and O–H groups in total. The van der Waals surface area contributed by atoms with E-state index in [0.717, 1.165) is 28.5 Å². The average molecular weight is 673 g/mol. The van der Waals surface area contributed by atoms with Gasteiger partial charge < -0.3 is 4.90 Å². The van der Waals surface area contributed by atoms with Crippen LogP contribution in [0.2, 0.25) is 0 Å². The Kier molecular flexibility index (Phi) is 16.4. The highest BCUT2D eigenvalue weighted by Gasteiger charge is 2.44. The molecule has 6 rings (SSSR count). The minimum atomic E-state index is -0.0132. The Labute approximate surface area is 305 Å². The van der Waals surface area contributed by atoms with Crippen molar-refractivity contribution in [3.8, 4) is 11.1 Å². The molecule has 3 aliphatic rings. The van der Waals surface area contributed by atoms with E-state index in [1.165, 1.54) is 41.5 Å². The summed E-state index contributed by atoms with van der Waals surface area (Å²) in [6.45, 7) is 18.8. The molecule has 1 heterocycles. The number of allylic oxidation sites excluding steroid dienone is 6. The summed E-state index contributed by atoms with van der Waals surface area (Å²) in [5, 5.41) is 4.39. The average Bonchev–Trinajstić information content (AvgIpc) is 3.55. The first kappa shape index (κ1) is 40.1. The van der Waals surface area contributed by atoms with E-state index in [9.17, 15) is 0 Å². The van der Waals surface area contributed by atoms with E-state index in [4.69, 9.17) is 4.99 Å². The Hall–Kier alpha value is -4.31. The first-order valence-corrected chi connectivity index (χ1v) is 19.1. The maximum absolute atomic E-state index is 4.71. The molecule has 0 aromatic heterocycles. The molecule has 2 unspecified atom stereocenters. The molecular weight excluding hydrogens is 609 g/mol. The molecule has 1 spiro atoms. The van der Waals surface area contributed by atoms with E-state index in [1.807, 2.05) is 66.1 Å². The number of hydrogen-bond acceptors (Lipinski definition) is 4. The summed E-state index contributed by atoms with van der Waals surface area (Å²) < 4.78 is 0. The third-order valence-corrected chi connectivity index (χ3v) is 10.2. The number of amidine groups is 1. The van der Waals surface area contributed by atoms with Crippen LogP contribution in [0.4, 0.5) is 11.4 Å². The van der Waals surface area contributed by atoms with Crippen LogP contribution >= 0.6 is 0 Å². The van der Waals surface area contributed by atoms with Crippen LogP contribution in [0.5, 0.6) is 0 Å². The molecule has 0 saturated heterocycles. The van der Waals surface area contributed by atoms with E-state index in [0.29, 0.717) is 0 Å². The molecule has 0 radical (unpaired) electrons. The molecule has 2 atom stereocenters. The molecule has 0 bridgehead atoms. The van der Waals surface area contributed by atoms with Gasteiger partial charge in [-0.15, -0.1) is 0 Å². The Morgan fingerprint density at radius 2 is 1.36 bits per heavy atom. The summed E-state index contributed by atoms with van der Waals surface area (Å²) in [5.74, 6) is 2.00. The fourth-order valence-electron chi connectivity index (χ4n) is 7.38. The highest BCUT2D eigenvalue weighted by molar-refractivity contribution is 5.97. The number of hydrogen-bond donors (Lipinski definition) is 0. The molecule has 3 aromatic carbocycles. The van der Waals surface area contributed by atoms with E-state index >= 15 is 0 Å². The predicted molar refractivity (Wildman–Crippen MR) is 222 cm³/mol. The summed E-state index contributed by atoms with van der Waals surface area (Å²) in [4.78, 5) is 6.99. The Morgan fingerprint density at radius 1 is 0.760 bits per heavy atom. The van der Waals surface area contributed by atoms with E-state index < -0.39 is 0 Å². The monoisotopic (exact) mass is 673 g/mol. The molecule has 50 heavy (non-hydrogen) atoms. The zero-order valence-electron chi connectivity index (χ0n) is 32.7. The topological polar surface area (TPSA) is 22.1 Å². The lowest BCUT2D eigenvalue weighted by Crippen LogP contribution is -2.54. The van der Waals surface area contributed by atoms with Gasteiger partial charge in [-0.3, -0.25) is 10.0 Å². The fraction of sp³-hybridized carbons (Fsp3) is 0.413. The second kappa shape index (κ2) is 20.4. The zero-order valence-corrected chi connectivity index (χ0v) is 32.7. The Morgan fingerprint density at radius 3 is 1.88 bits per heavy atom. The van der Waals surface area contributed by atoms with E-state index in [-0.39, 0.29) is 6.17 Å². The first-order chi connectivity index (χ1) is 24.4. The summed E-state index contributed by atoms with van der Waals surface area (Å²) >= 11 is 0. The van der Waals surface area contributed by atoms with Gasteiger partial charge in [-0.25, -0.2) is 4.99 Å². The quantitative estimate of drug-likeness (QED) is 0.243. The van der Waals surface area contributed by atoms with Crippen molar-refractivity contribution in [1.82, 2.24) is 5.01 Å². The van der Waals surface area contributed by atoms with Gasteiger partial charge in [0.05, 0.1) is 5.69 Å². The summed E-state index contributed by atoms with van der Waals surface area (Å²) in [6, 6.07) is 28.0. The molecule has 2 aliphatic carbocycles. The SMILES string of the molecule is CC.CC.CC1CCCC12CCC2.C\C=C/C=C(\C=C/C)c1ccc(N2C(C)N(c3ccc(-c4ccccc4)cc3)C(C)=N/C=C\N2C)cc1. The predicted octanol–water partition coefficient (Wildman–Crippen LogP) is 13.3. The van der Waals surface area contributed by atoms with Gasteiger partial charge in [0, 0.05) is 25.1 Å². The zero-order chi connectivity index (χ0) is 36.5. The number of nitrogens with zero attached hydrogens (tertiary/aromatic N) is 4. The molecule has 2 fully saturated rings. The largest absolute Gasteiger partial charge is 0.308 e. The third kappa shape index (κ3) is 9.90. The van der Waals surface area contributed by atoms with Gasteiger partial charge >= 0.3 is 0 Å². The van der Waals surface area contributed by atoms with E-state index in [2.05, 4.69) is 140 Å². The van der Waals surface area contributed by atoms with Crippen molar-refractivity contribution in [1.29, 1.82) is 0 Å². The Bertz CT molecular complexity index is 1560. The van der Waals surface area contributed by atoms with Crippen LogP contribution in [0.25, 0.3) is 16.7 Å². The van der Waals surface area contributed by atoms with Crippen molar-refractivity contribution in [2.75, 3.05) is 17.0 Å². The van der Waals surface area contributed by atoms with Crippen LogP contribution in [-0.2, 0) is 0 Å². The van der Waals surface area contributed by atoms with Crippen molar-refractivity contribution in [2.45, 2.75) is 107 Å². The van der Waals surface area contributed by atoms with Crippen molar-refractivity contribution in [2.24, 2.45) is 16.3 Å². The van der Waals surface area contributed by atoms with Gasteiger partial charge in [-0.1, -0.05) is 139 Å². The molecular formula is C46H64N4. The smallest absolute Gasteiger partial charge is 0.124 e. The maximum atomic E-state index is 4.71. The number of rotatable bonds is 6. The van der Waals surface area contributed by atoms with Crippen LogP contribution in [0.3, 0.4) is 0 Å². The third-order valence-electron chi connectivity index (χ3n) is 10.2. The molecule has 4 nitrogen and oxygen atoms in total. The van der Waals surface area contributed by atoms with Crippen LogP contribution in [0, 0.1) is 11.3 Å². The second-order valence-corrected chi connectivity index (χ2v) is 13.0. The van der Waals surface area contributed by atoms with Gasteiger partial charge in [0.15, 0.2) is 0 Å². The molecule has 1 aliphatic heterocycles. The van der Waals surface area contributed by atoms with Gasteiger partial charge in [0.1, 0.15) is 12.0 Å². The highest BCUT2D eigenvalue weighted by atomic mass is 15.7. The van der Waals surface area contributed by atoms with Crippen molar-refractivity contribution < 1.29 is 0 Å². The lowest BCUT2D eigenvalue weighted by atomic mass is 9.63. The maximum Gasteiger partial charge on any atom is 0.124 e. The minimum absolute atomic E-state index is 0.0132. The van der Waals surface area contributed by atoms with Crippen molar-refractivity contribution in [3.05, 3.63) is 127 Å². The lowest BCUT2D eigenvalue weighted by Gasteiger charge is -2.44. The van der Waals surface area contributed by atoms with Crippen LogP contribution < -0.4 is 9.91 Å². The van der Waals surface area contributed by atoms with Crippen LogP contribution in [0.15, 0.2) is 127 Å². The number of aliphatic imine (C=N–C) groups is 1. The lowest BCUT2D eigenvalue weighted by molar-refractivity contribution is 0.0886. The molecule has 2 saturated carbocycles. The minimum Gasteiger partial charge on any atom is -0.308 e. The number of benzene rings is 3. The fourth-order valence-corrected chi connectivity index (χ4v) is 7.38.